The van der Waals surface area contributed by atoms with Crippen LogP contribution in [0.25, 0.3) is 0 Å². The quantitative estimate of drug-likeness (QED) is 0.594. The third-order valence-corrected chi connectivity index (χ3v) is 6.70. The summed E-state index contributed by atoms with van der Waals surface area (Å²) in [4.78, 5) is 27.5. The van der Waals surface area contributed by atoms with Crippen molar-refractivity contribution in [2.75, 3.05) is 26.2 Å². The molecule has 4 rings (SSSR count). The van der Waals surface area contributed by atoms with Crippen molar-refractivity contribution < 1.29 is 18.7 Å². The Morgan fingerprint density at radius 1 is 1.12 bits per heavy atom. The normalized spacial score (nSPS) is 19.2. The average Bonchev–Trinajstić information content (AvgIpc) is 3.25. The van der Waals surface area contributed by atoms with Crippen LogP contribution in [0.5, 0.6) is 0 Å². The first-order chi connectivity index (χ1) is 16.4. The highest BCUT2D eigenvalue weighted by atomic mass is 19.1. The van der Waals surface area contributed by atoms with Gasteiger partial charge in [-0.15, -0.1) is 0 Å². The Labute approximate surface area is 200 Å². The lowest BCUT2D eigenvalue weighted by molar-refractivity contribution is -0.149. The largest absolute Gasteiger partial charge is 0.466 e. The Bertz CT molecular complexity index is 1090. The number of esters is 1. The lowest BCUT2D eigenvalue weighted by atomic mass is 9.94. The van der Waals surface area contributed by atoms with E-state index in [0.717, 1.165) is 16.7 Å². The minimum atomic E-state index is -0.337. The number of amides is 1. The summed E-state index contributed by atoms with van der Waals surface area (Å²) in [6.07, 6.45) is 1.81. The highest BCUT2D eigenvalue weighted by Gasteiger charge is 2.36. The lowest BCUT2D eigenvalue weighted by Crippen LogP contribution is -2.43. The van der Waals surface area contributed by atoms with Gasteiger partial charge in [0.05, 0.1) is 30.8 Å². The monoisotopic (exact) mass is 465 g/mol. The highest BCUT2D eigenvalue weighted by molar-refractivity contribution is 6.03. The number of rotatable bonds is 6. The van der Waals surface area contributed by atoms with E-state index in [2.05, 4.69) is 16.1 Å². The molecule has 180 valence electrons. The molecule has 0 radical (unpaired) electrons. The van der Waals surface area contributed by atoms with Crippen LogP contribution in [0.2, 0.25) is 0 Å². The van der Waals surface area contributed by atoms with E-state index >= 15 is 0 Å². The Hall–Kier alpha value is -3.06. The summed E-state index contributed by atoms with van der Waals surface area (Å²) in [5.41, 5.74) is 4.27. The van der Waals surface area contributed by atoms with E-state index in [9.17, 15) is 14.0 Å². The Balaban J connectivity index is 1.53. The number of likely N-dealkylation sites (tertiary alicyclic amines) is 1. The summed E-state index contributed by atoms with van der Waals surface area (Å²) in [6.45, 7) is 7.79. The smallest absolute Gasteiger partial charge is 0.309 e. The van der Waals surface area contributed by atoms with E-state index in [4.69, 9.17) is 4.74 Å². The summed E-state index contributed by atoms with van der Waals surface area (Å²) < 4.78 is 19.7. The fourth-order valence-corrected chi connectivity index (χ4v) is 4.89. The van der Waals surface area contributed by atoms with Gasteiger partial charge in [-0.05, 0) is 63.9 Å². The standard InChI is InChI=1S/C27H32FN3O3/c1-4-34-27(33)20-11-13-30(14-12-20)17-26(32)31-25(21-10-9-18(2)15-19(21)3)16-24(29-31)22-7-5-6-8-23(22)28/h5-10,15,20,25H,4,11-14,16-17H2,1-3H3/t25-/m0/s1. The molecule has 0 bridgehead atoms. The maximum Gasteiger partial charge on any atom is 0.309 e. The highest BCUT2D eigenvalue weighted by Crippen LogP contribution is 2.35. The fourth-order valence-electron chi connectivity index (χ4n) is 4.89. The minimum absolute atomic E-state index is 0.105. The van der Waals surface area contributed by atoms with E-state index in [0.29, 0.717) is 50.2 Å². The fraction of sp³-hybridized carbons (Fsp3) is 0.444. The number of benzene rings is 2. The zero-order valence-electron chi connectivity index (χ0n) is 20.1. The molecule has 0 saturated carbocycles. The van der Waals surface area contributed by atoms with Crippen LogP contribution in [-0.2, 0) is 14.3 Å². The molecule has 1 fully saturated rings. The van der Waals surface area contributed by atoms with Crippen molar-refractivity contribution in [3.63, 3.8) is 0 Å². The molecule has 34 heavy (non-hydrogen) atoms. The first-order valence-corrected chi connectivity index (χ1v) is 12.0. The Morgan fingerprint density at radius 3 is 2.53 bits per heavy atom. The molecule has 1 amide bonds. The van der Waals surface area contributed by atoms with Crippen molar-refractivity contribution in [2.24, 2.45) is 11.0 Å². The van der Waals surface area contributed by atoms with E-state index in [1.807, 2.05) is 32.9 Å². The summed E-state index contributed by atoms with van der Waals surface area (Å²) in [6, 6.07) is 12.5. The first-order valence-electron chi connectivity index (χ1n) is 12.0. The molecular formula is C27H32FN3O3. The summed E-state index contributed by atoms with van der Waals surface area (Å²) in [5, 5.41) is 6.17. The summed E-state index contributed by atoms with van der Waals surface area (Å²) >= 11 is 0. The van der Waals surface area contributed by atoms with Crippen molar-refractivity contribution in [2.45, 2.75) is 46.1 Å². The molecule has 2 heterocycles. The van der Waals surface area contributed by atoms with Crippen LogP contribution >= 0.6 is 0 Å². The topological polar surface area (TPSA) is 62.2 Å². The van der Waals surface area contributed by atoms with Gasteiger partial charge in [-0.3, -0.25) is 14.5 Å². The van der Waals surface area contributed by atoms with Crippen LogP contribution in [-0.4, -0.2) is 53.7 Å². The number of ether oxygens (including phenoxy) is 1. The number of aryl methyl sites for hydroxylation is 2. The lowest BCUT2D eigenvalue weighted by Gasteiger charge is -2.32. The van der Waals surface area contributed by atoms with Gasteiger partial charge in [0.15, 0.2) is 0 Å². The van der Waals surface area contributed by atoms with E-state index in [1.54, 1.807) is 18.2 Å². The van der Waals surface area contributed by atoms with Gasteiger partial charge in [0, 0.05) is 12.0 Å². The predicted molar refractivity (Wildman–Crippen MR) is 129 cm³/mol. The number of piperidine rings is 1. The number of hydrogen-bond donors (Lipinski definition) is 0. The second-order valence-corrected chi connectivity index (χ2v) is 9.15. The van der Waals surface area contributed by atoms with Crippen LogP contribution in [0.15, 0.2) is 47.6 Å². The van der Waals surface area contributed by atoms with Crippen LogP contribution in [0.3, 0.4) is 0 Å². The third kappa shape index (κ3) is 5.20. The zero-order valence-corrected chi connectivity index (χ0v) is 20.1. The van der Waals surface area contributed by atoms with Gasteiger partial charge in [0.2, 0.25) is 0 Å². The van der Waals surface area contributed by atoms with Gasteiger partial charge < -0.3 is 4.74 Å². The van der Waals surface area contributed by atoms with Crippen molar-refractivity contribution in [3.8, 4) is 0 Å². The van der Waals surface area contributed by atoms with Gasteiger partial charge >= 0.3 is 5.97 Å². The van der Waals surface area contributed by atoms with Crippen LogP contribution in [0, 0.1) is 25.6 Å². The number of halogens is 1. The molecule has 0 spiro atoms. The minimum Gasteiger partial charge on any atom is -0.466 e. The Morgan fingerprint density at radius 2 is 1.85 bits per heavy atom. The number of carbonyl (C=O) groups is 2. The van der Waals surface area contributed by atoms with Crippen LogP contribution < -0.4 is 0 Å². The molecule has 0 aliphatic carbocycles. The third-order valence-electron chi connectivity index (χ3n) is 6.70. The maximum absolute atomic E-state index is 14.5. The van der Waals surface area contributed by atoms with Crippen molar-refractivity contribution in [3.05, 3.63) is 70.5 Å². The number of carbonyl (C=O) groups excluding carboxylic acids is 2. The second-order valence-electron chi connectivity index (χ2n) is 9.15. The summed E-state index contributed by atoms with van der Waals surface area (Å²) in [5.74, 6) is -0.712. The van der Waals surface area contributed by atoms with Gasteiger partial charge in [0.25, 0.3) is 5.91 Å². The summed E-state index contributed by atoms with van der Waals surface area (Å²) in [7, 11) is 0. The molecule has 7 heteroatoms. The van der Waals surface area contributed by atoms with Crippen LogP contribution in [0.1, 0.15) is 54.5 Å². The SMILES string of the molecule is CCOC(=O)C1CCN(CC(=O)N2N=C(c3ccccc3F)C[C@H]2c2ccc(C)cc2C)CC1. The number of nitrogens with zero attached hydrogens (tertiary/aromatic N) is 3. The van der Waals surface area contributed by atoms with Crippen molar-refractivity contribution in [1.82, 2.24) is 9.91 Å². The zero-order chi connectivity index (χ0) is 24.2. The van der Waals surface area contributed by atoms with E-state index in [-0.39, 0.29) is 36.2 Å². The van der Waals surface area contributed by atoms with E-state index in [1.165, 1.54) is 11.1 Å². The average molecular weight is 466 g/mol. The maximum atomic E-state index is 14.5. The van der Waals surface area contributed by atoms with Gasteiger partial charge in [-0.2, -0.15) is 5.10 Å². The number of hydrogen-bond acceptors (Lipinski definition) is 5. The van der Waals surface area contributed by atoms with Gasteiger partial charge in [0.1, 0.15) is 5.82 Å². The molecule has 1 atom stereocenters. The molecule has 1 saturated heterocycles. The van der Waals surface area contributed by atoms with Gasteiger partial charge in [-0.25, -0.2) is 9.40 Å². The molecule has 2 aliphatic heterocycles. The molecule has 2 aromatic carbocycles. The van der Waals surface area contributed by atoms with Crippen molar-refractivity contribution >= 4 is 17.6 Å². The molecule has 0 unspecified atom stereocenters. The predicted octanol–water partition coefficient (Wildman–Crippen LogP) is 4.40. The molecule has 2 aromatic rings. The molecule has 0 N–H and O–H groups in total. The second kappa shape index (κ2) is 10.5. The van der Waals surface area contributed by atoms with Crippen molar-refractivity contribution in [1.29, 1.82) is 0 Å². The molecular weight excluding hydrogens is 433 g/mol. The Kier molecular flexibility index (Phi) is 7.41. The number of hydrazone groups is 1. The molecule has 0 aromatic heterocycles. The van der Waals surface area contributed by atoms with Crippen LogP contribution in [0.4, 0.5) is 4.39 Å². The molecule has 6 nitrogen and oxygen atoms in total. The molecule has 2 aliphatic rings. The van der Waals surface area contributed by atoms with E-state index < -0.39 is 0 Å². The van der Waals surface area contributed by atoms with Gasteiger partial charge in [-0.1, -0.05) is 42.0 Å². The first kappa shape index (κ1) is 24.1.